The molecule has 116 valence electrons. The number of carbonyl (C=O) groups is 1. The number of benzene rings is 1. The first-order valence-electron chi connectivity index (χ1n) is 7.29. The van der Waals surface area contributed by atoms with E-state index in [2.05, 4.69) is 4.90 Å². The van der Waals surface area contributed by atoms with Gasteiger partial charge in [-0.3, -0.25) is 0 Å². The average molecular weight is 319 g/mol. The van der Waals surface area contributed by atoms with Gasteiger partial charge in [0.2, 0.25) is 0 Å². The second-order valence-electron chi connectivity index (χ2n) is 5.71. The average Bonchev–Trinajstić information content (AvgIpc) is 3.06. The summed E-state index contributed by atoms with van der Waals surface area (Å²) in [6.07, 6.45) is 0.867. The van der Waals surface area contributed by atoms with Gasteiger partial charge in [-0.2, -0.15) is 0 Å². The highest BCUT2D eigenvalue weighted by atomic mass is 32.1. The highest BCUT2D eigenvalue weighted by molar-refractivity contribution is 7.17. The summed E-state index contributed by atoms with van der Waals surface area (Å²) in [6.45, 7) is 3.71. The maximum absolute atomic E-state index is 13.0. The summed E-state index contributed by atoms with van der Waals surface area (Å²) in [4.78, 5) is 16.0. The summed E-state index contributed by atoms with van der Waals surface area (Å²) in [5.41, 5.74) is 1.93. The number of rotatable bonds is 3. The summed E-state index contributed by atoms with van der Waals surface area (Å²) in [5.74, 6) is -0.523. The Morgan fingerprint density at radius 2 is 2.09 bits per heavy atom. The lowest BCUT2D eigenvalue weighted by atomic mass is 10.1. The van der Waals surface area contributed by atoms with Crippen molar-refractivity contribution in [1.82, 2.24) is 4.90 Å². The minimum Gasteiger partial charge on any atom is -0.457 e. The predicted molar refractivity (Wildman–Crippen MR) is 85.8 cm³/mol. The number of esters is 1. The van der Waals surface area contributed by atoms with Crippen LogP contribution in [0.3, 0.4) is 0 Å². The molecular weight excluding hydrogens is 301 g/mol. The van der Waals surface area contributed by atoms with E-state index in [0.29, 0.717) is 4.88 Å². The minimum atomic E-state index is -0.262. The Labute approximate surface area is 133 Å². The van der Waals surface area contributed by atoms with E-state index in [1.54, 1.807) is 12.1 Å². The van der Waals surface area contributed by atoms with Crippen LogP contribution in [-0.4, -0.2) is 37.1 Å². The topological polar surface area (TPSA) is 29.5 Å². The quantitative estimate of drug-likeness (QED) is 0.808. The number of halogens is 1. The van der Waals surface area contributed by atoms with Crippen LogP contribution >= 0.6 is 11.3 Å². The second-order valence-corrected chi connectivity index (χ2v) is 6.76. The van der Waals surface area contributed by atoms with Crippen molar-refractivity contribution < 1.29 is 13.9 Å². The molecule has 2 aromatic rings. The Balaban J connectivity index is 1.76. The molecule has 0 amide bonds. The third kappa shape index (κ3) is 3.20. The molecule has 0 bridgehead atoms. The number of hydrogen-bond donors (Lipinski definition) is 0. The molecule has 2 heterocycles. The lowest BCUT2D eigenvalue weighted by molar-refractivity contribution is 0.0333. The van der Waals surface area contributed by atoms with E-state index in [4.69, 9.17) is 4.74 Å². The number of likely N-dealkylation sites (N-methyl/N-ethyl adjacent to an activating group) is 1. The molecule has 0 N–H and O–H groups in total. The molecule has 0 unspecified atom stereocenters. The van der Waals surface area contributed by atoms with E-state index in [1.165, 1.54) is 23.5 Å². The molecular formula is C17H18FNO2S. The molecule has 1 aromatic heterocycles. The molecule has 1 aliphatic heterocycles. The maximum atomic E-state index is 13.0. The van der Waals surface area contributed by atoms with E-state index < -0.39 is 0 Å². The van der Waals surface area contributed by atoms with Crippen molar-refractivity contribution in [3.05, 3.63) is 46.6 Å². The first-order valence-corrected chi connectivity index (χ1v) is 8.10. The van der Waals surface area contributed by atoms with Gasteiger partial charge in [-0.15, -0.1) is 11.3 Å². The molecule has 0 aliphatic carbocycles. The molecule has 1 aromatic carbocycles. The van der Waals surface area contributed by atoms with Gasteiger partial charge in [0, 0.05) is 18.0 Å². The number of aryl methyl sites for hydroxylation is 1. The molecule has 1 fully saturated rings. The van der Waals surface area contributed by atoms with Crippen molar-refractivity contribution in [1.29, 1.82) is 0 Å². The fourth-order valence-electron chi connectivity index (χ4n) is 2.67. The van der Waals surface area contributed by atoms with Gasteiger partial charge >= 0.3 is 5.97 Å². The predicted octanol–water partition coefficient (Wildman–Crippen LogP) is 3.72. The van der Waals surface area contributed by atoms with Crippen LogP contribution in [-0.2, 0) is 4.74 Å². The molecule has 3 nitrogen and oxygen atoms in total. The zero-order valence-corrected chi connectivity index (χ0v) is 13.5. The van der Waals surface area contributed by atoms with E-state index >= 15 is 0 Å². The number of carbonyl (C=O) groups excluding carboxylic acids is 1. The third-order valence-corrected chi connectivity index (χ3v) is 5.11. The number of likely N-dealkylation sites (tertiary alicyclic amines) is 1. The largest absolute Gasteiger partial charge is 0.457 e. The van der Waals surface area contributed by atoms with Crippen molar-refractivity contribution in [3.8, 4) is 10.4 Å². The molecule has 0 radical (unpaired) electrons. The first-order chi connectivity index (χ1) is 10.5. The second kappa shape index (κ2) is 6.18. The number of nitrogens with zero attached hydrogens (tertiary/aromatic N) is 1. The number of hydrogen-bond acceptors (Lipinski definition) is 4. The van der Waals surface area contributed by atoms with Gasteiger partial charge in [0.05, 0.1) is 0 Å². The van der Waals surface area contributed by atoms with Crippen LogP contribution < -0.4 is 0 Å². The molecule has 3 rings (SSSR count). The van der Waals surface area contributed by atoms with Crippen LogP contribution in [0.5, 0.6) is 0 Å². The van der Waals surface area contributed by atoms with Gasteiger partial charge in [-0.25, -0.2) is 9.18 Å². The third-order valence-electron chi connectivity index (χ3n) is 3.85. The lowest BCUT2D eigenvalue weighted by Crippen LogP contribution is -2.21. The van der Waals surface area contributed by atoms with Crippen molar-refractivity contribution in [3.63, 3.8) is 0 Å². The van der Waals surface area contributed by atoms with Gasteiger partial charge < -0.3 is 9.64 Å². The SMILES string of the molecule is Cc1cc(C(=O)O[C@@H]2CCN(C)C2)sc1-c1ccc(F)cc1. The monoisotopic (exact) mass is 319 g/mol. The summed E-state index contributed by atoms with van der Waals surface area (Å²) in [5, 5.41) is 0. The Morgan fingerprint density at radius 1 is 1.36 bits per heavy atom. The Hall–Kier alpha value is -1.72. The number of thiophene rings is 1. The maximum Gasteiger partial charge on any atom is 0.348 e. The van der Waals surface area contributed by atoms with E-state index in [1.807, 2.05) is 20.0 Å². The molecule has 0 spiro atoms. The van der Waals surface area contributed by atoms with Crippen molar-refractivity contribution in [2.24, 2.45) is 0 Å². The van der Waals surface area contributed by atoms with Gasteiger partial charge in [0.1, 0.15) is 16.8 Å². The Bertz CT molecular complexity index is 680. The molecule has 22 heavy (non-hydrogen) atoms. The van der Waals surface area contributed by atoms with Crippen molar-refractivity contribution in [2.75, 3.05) is 20.1 Å². The van der Waals surface area contributed by atoms with Crippen LogP contribution in [0.15, 0.2) is 30.3 Å². The van der Waals surface area contributed by atoms with Gasteiger partial charge in [-0.05, 0) is 49.7 Å². The summed E-state index contributed by atoms with van der Waals surface area (Å²) in [7, 11) is 2.02. The Morgan fingerprint density at radius 3 is 2.73 bits per heavy atom. The zero-order chi connectivity index (χ0) is 15.7. The van der Waals surface area contributed by atoms with Gasteiger partial charge in [0.25, 0.3) is 0 Å². The summed E-state index contributed by atoms with van der Waals surface area (Å²) >= 11 is 1.40. The van der Waals surface area contributed by atoms with Crippen LogP contribution in [0.2, 0.25) is 0 Å². The highest BCUT2D eigenvalue weighted by Crippen LogP contribution is 2.33. The van der Waals surface area contributed by atoms with E-state index in [0.717, 1.165) is 35.5 Å². The fraction of sp³-hybridized carbons (Fsp3) is 0.353. The molecule has 5 heteroatoms. The molecule has 1 saturated heterocycles. The van der Waals surface area contributed by atoms with Crippen LogP contribution in [0.25, 0.3) is 10.4 Å². The van der Waals surface area contributed by atoms with Gasteiger partial charge in [-0.1, -0.05) is 12.1 Å². The minimum absolute atomic E-state index is 0.0193. The van der Waals surface area contributed by atoms with Crippen LogP contribution in [0.1, 0.15) is 21.7 Å². The molecule has 0 saturated carbocycles. The first kappa shape index (κ1) is 15.2. The lowest BCUT2D eigenvalue weighted by Gasteiger charge is -2.11. The van der Waals surface area contributed by atoms with E-state index in [9.17, 15) is 9.18 Å². The highest BCUT2D eigenvalue weighted by Gasteiger charge is 2.24. The molecule has 1 aliphatic rings. The van der Waals surface area contributed by atoms with Crippen LogP contribution in [0, 0.1) is 12.7 Å². The van der Waals surface area contributed by atoms with Crippen molar-refractivity contribution >= 4 is 17.3 Å². The van der Waals surface area contributed by atoms with E-state index in [-0.39, 0.29) is 17.9 Å². The summed E-state index contributed by atoms with van der Waals surface area (Å²) < 4.78 is 18.6. The smallest absolute Gasteiger partial charge is 0.348 e. The number of ether oxygens (including phenoxy) is 1. The zero-order valence-electron chi connectivity index (χ0n) is 12.6. The standard InChI is InChI=1S/C17H18FNO2S/c1-11-9-15(17(20)21-14-7-8-19(2)10-14)22-16(11)12-3-5-13(18)6-4-12/h3-6,9,14H,7-8,10H2,1-2H3/t14-/m1/s1. The van der Waals surface area contributed by atoms with Crippen LogP contribution in [0.4, 0.5) is 4.39 Å². The Kier molecular flexibility index (Phi) is 4.27. The normalized spacial score (nSPS) is 18.6. The summed E-state index contributed by atoms with van der Waals surface area (Å²) in [6, 6.07) is 8.18. The van der Waals surface area contributed by atoms with Gasteiger partial charge in [0.15, 0.2) is 0 Å². The van der Waals surface area contributed by atoms with Crippen molar-refractivity contribution in [2.45, 2.75) is 19.4 Å². The molecule has 1 atom stereocenters. The fourth-order valence-corrected chi connectivity index (χ4v) is 3.73.